The highest BCUT2D eigenvalue weighted by atomic mass is 16.5. The molecule has 0 fully saturated rings. The molecule has 0 unspecified atom stereocenters. The maximum atomic E-state index is 11.8. The van der Waals surface area contributed by atoms with Crippen LogP contribution in [0.2, 0.25) is 0 Å². The van der Waals surface area contributed by atoms with Crippen molar-refractivity contribution in [3.05, 3.63) is 47.7 Å². The third-order valence-electron chi connectivity index (χ3n) is 1.78. The van der Waals surface area contributed by atoms with Gasteiger partial charge in [-0.2, -0.15) is 0 Å². The summed E-state index contributed by atoms with van der Waals surface area (Å²) in [6, 6.07) is 8.69. The van der Waals surface area contributed by atoms with Gasteiger partial charge in [-0.25, -0.2) is 0 Å². The van der Waals surface area contributed by atoms with Crippen LogP contribution in [0.4, 0.5) is 0 Å². The van der Waals surface area contributed by atoms with Crippen LogP contribution in [0, 0.1) is 0 Å². The Labute approximate surface area is 88.4 Å². The normalized spacial score (nSPS) is 10.9. The van der Waals surface area contributed by atoms with E-state index in [4.69, 9.17) is 4.74 Å². The number of ether oxygens (including phenoxy) is 1. The van der Waals surface area contributed by atoms with Crippen molar-refractivity contribution in [2.24, 2.45) is 0 Å². The van der Waals surface area contributed by atoms with Crippen LogP contribution >= 0.6 is 0 Å². The minimum atomic E-state index is -0.493. The molecule has 78 valence electrons. The Balaban J connectivity index is 2.89. The van der Waals surface area contributed by atoms with Gasteiger partial charge in [0.2, 0.25) is 5.78 Å². The molecule has 0 spiro atoms. The molecule has 0 aliphatic rings. The molecule has 0 aliphatic heterocycles. The Kier molecular flexibility index (Phi) is 3.80. The molecule has 1 aromatic carbocycles. The largest absolute Gasteiger partial charge is 0.423 e. The summed E-state index contributed by atoms with van der Waals surface area (Å²) in [4.78, 5) is 22.5. The number of ketones is 1. The first-order chi connectivity index (χ1) is 7.15. The highest BCUT2D eigenvalue weighted by Crippen LogP contribution is 2.09. The predicted molar refractivity (Wildman–Crippen MR) is 56.3 cm³/mol. The summed E-state index contributed by atoms with van der Waals surface area (Å²) in [5.74, 6) is -0.714. The lowest BCUT2D eigenvalue weighted by Crippen LogP contribution is -2.09. The van der Waals surface area contributed by atoms with E-state index in [1.165, 1.54) is 13.0 Å². The summed E-state index contributed by atoms with van der Waals surface area (Å²) in [5, 5.41) is 0. The summed E-state index contributed by atoms with van der Waals surface area (Å²) >= 11 is 0. The summed E-state index contributed by atoms with van der Waals surface area (Å²) < 4.78 is 4.79. The Morgan fingerprint density at radius 2 is 1.80 bits per heavy atom. The van der Waals surface area contributed by atoms with Gasteiger partial charge in [-0.15, -0.1) is 0 Å². The van der Waals surface area contributed by atoms with Crippen molar-refractivity contribution >= 4 is 11.8 Å². The second-order valence-electron chi connectivity index (χ2n) is 2.94. The van der Waals surface area contributed by atoms with Crippen molar-refractivity contribution in [1.29, 1.82) is 0 Å². The van der Waals surface area contributed by atoms with Gasteiger partial charge in [0.05, 0.1) is 0 Å². The minimum absolute atomic E-state index is 0.0636. The lowest BCUT2D eigenvalue weighted by atomic mass is 10.1. The van der Waals surface area contributed by atoms with Gasteiger partial charge in [-0.05, 0) is 13.0 Å². The SMILES string of the molecule is C/C=C(/OC(C)=O)C(=O)c1ccccc1. The molecule has 3 heteroatoms. The number of esters is 1. The van der Waals surface area contributed by atoms with Crippen LogP contribution in [-0.4, -0.2) is 11.8 Å². The van der Waals surface area contributed by atoms with Crippen molar-refractivity contribution in [2.75, 3.05) is 0 Å². The Hall–Kier alpha value is -1.90. The number of carbonyl (C=O) groups excluding carboxylic acids is 2. The first-order valence-electron chi connectivity index (χ1n) is 4.59. The maximum absolute atomic E-state index is 11.8. The average molecular weight is 204 g/mol. The van der Waals surface area contributed by atoms with Crippen molar-refractivity contribution in [1.82, 2.24) is 0 Å². The van der Waals surface area contributed by atoms with Crippen molar-refractivity contribution in [3.8, 4) is 0 Å². The Morgan fingerprint density at radius 3 is 2.27 bits per heavy atom. The number of carbonyl (C=O) groups is 2. The van der Waals surface area contributed by atoms with Gasteiger partial charge in [0.25, 0.3) is 0 Å². The van der Waals surface area contributed by atoms with E-state index in [9.17, 15) is 9.59 Å². The molecule has 0 saturated carbocycles. The number of allylic oxidation sites excluding steroid dienone is 2. The topological polar surface area (TPSA) is 43.4 Å². The Morgan fingerprint density at radius 1 is 1.20 bits per heavy atom. The van der Waals surface area contributed by atoms with Gasteiger partial charge in [0.1, 0.15) is 0 Å². The van der Waals surface area contributed by atoms with Gasteiger partial charge < -0.3 is 4.74 Å². The van der Waals surface area contributed by atoms with E-state index < -0.39 is 5.97 Å². The zero-order valence-corrected chi connectivity index (χ0v) is 8.69. The molecule has 15 heavy (non-hydrogen) atoms. The second-order valence-corrected chi connectivity index (χ2v) is 2.94. The monoisotopic (exact) mass is 204 g/mol. The lowest BCUT2D eigenvalue weighted by Gasteiger charge is -2.04. The maximum Gasteiger partial charge on any atom is 0.308 e. The summed E-state index contributed by atoms with van der Waals surface area (Å²) in [6.07, 6.45) is 1.48. The van der Waals surface area contributed by atoms with E-state index in [1.54, 1.807) is 31.2 Å². The molecular formula is C12H12O3. The number of hydrogen-bond donors (Lipinski definition) is 0. The van der Waals surface area contributed by atoms with Crippen molar-refractivity contribution in [3.63, 3.8) is 0 Å². The number of Topliss-reactive ketones (excluding diaryl/α,β-unsaturated/α-hetero) is 1. The first-order valence-corrected chi connectivity index (χ1v) is 4.59. The van der Waals surface area contributed by atoms with Gasteiger partial charge in [0, 0.05) is 12.5 Å². The van der Waals surface area contributed by atoms with E-state index in [1.807, 2.05) is 6.07 Å². The zero-order valence-electron chi connectivity index (χ0n) is 8.69. The van der Waals surface area contributed by atoms with Crippen LogP contribution in [0.15, 0.2) is 42.2 Å². The summed E-state index contributed by atoms with van der Waals surface area (Å²) in [6.45, 7) is 2.92. The fraction of sp³-hybridized carbons (Fsp3) is 0.167. The fourth-order valence-corrected chi connectivity index (χ4v) is 1.12. The third-order valence-corrected chi connectivity index (χ3v) is 1.78. The molecule has 0 radical (unpaired) electrons. The predicted octanol–water partition coefficient (Wildman–Crippen LogP) is 2.34. The molecule has 3 nitrogen and oxygen atoms in total. The van der Waals surface area contributed by atoms with Crippen molar-refractivity contribution < 1.29 is 14.3 Å². The van der Waals surface area contributed by atoms with Crippen molar-refractivity contribution in [2.45, 2.75) is 13.8 Å². The number of hydrogen-bond acceptors (Lipinski definition) is 3. The smallest absolute Gasteiger partial charge is 0.308 e. The highest BCUT2D eigenvalue weighted by Gasteiger charge is 2.13. The van der Waals surface area contributed by atoms with Crippen LogP contribution in [0.5, 0.6) is 0 Å². The molecule has 1 rings (SSSR count). The lowest BCUT2D eigenvalue weighted by molar-refractivity contribution is -0.136. The molecule has 0 saturated heterocycles. The van der Waals surface area contributed by atoms with Crippen LogP contribution in [0.25, 0.3) is 0 Å². The third kappa shape index (κ3) is 3.06. The fourth-order valence-electron chi connectivity index (χ4n) is 1.12. The average Bonchev–Trinajstić information content (AvgIpc) is 2.26. The molecule has 0 heterocycles. The standard InChI is InChI=1S/C12H12O3/c1-3-11(15-9(2)13)12(14)10-7-5-4-6-8-10/h3-8H,1-2H3/b11-3+. The van der Waals surface area contributed by atoms with E-state index in [-0.39, 0.29) is 11.5 Å². The number of rotatable bonds is 3. The van der Waals surface area contributed by atoms with Gasteiger partial charge >= 0.3 is 5.97 Å². The van der Waals surface area contributed by atoms with Gasteiger partial charge in [-0.1, -0.05) is 30.3 Å². The highest BCUT2D eigenvalue weighted by molar-refractivity contribution is 6.08. The van der Waals surface area contributed by atoms with Crippen LogP contribution < -0.4 is 0 Å². The molecule has 0 aliphatic carbocycles. The quantitative estimate of drug-likeness (QED) is 0.328. The van der Waals surface area contributed by atoms with Gasteiger partial charge in [0.15, 0.2) is 5.76 Å². The number of benzene rings is 1. The van der Waals surface area contributed by atoms with Gasteiger partial charge in [-0.3, -0.25) is 9.59 Å². The van der Waals surface area contributed by atoms with E-state index in [0.717, 1.165) is 0 Å². The van der Waals surface area contributed by atoms with Crippen LogP contribution in [0.1, 0.15) is 24.2 Å². The van der Waals surface area contributed by atoms with E-state index in [2.05, 4.69) is 0 Å². The first kappa shape index (κ1) is 11.2. The molecule has 0 atom stereocenters. The second kappa shape index (κ2) is 5.10. The molecule has 0 N–H and O–H groups in total. The zero-order chi connectivity index (χ0) is 11.3. The van der Waals surface area contributed by atoms with E-state index in [0.29, 0.717) is 5.56 Å². The molecular weight excluding hydrogens is 192 g/mol. The molecule has 1 aromatic rings. The minimum Gasteiger partial charge on any atom is -0.423 e. The molecule has 0 bridgehead atoms. The molecule has 0 amide bonds. The summed E-state index contributed by atoms with van der Waals surface area (Å²) in [7, 11) is 0. The van der Waals surface area contributed by atoms with Crippen LogP contribution in [0.3, 0.4) is 0 Å². The van der Waals surface area contributed by atoms with E-state index >= 15 is 0 Å². The van der Waals surface area contributed by atoms with Crippen LogP contribution in [-0.2, 0) is 9.53 Å². The summed E-state index contributed by atoms with van der Waals surface area (Å²) in [5.41, 5.74) is 0.506. The Bertz CT molecular complexity index is 391. The molecule has 0 aromatic heterocycles.